The van der Waals surface area contributed by atoms with Gasteiger partial charge in [0.1, 0.15) is 45.5 Å². The lowest BCUT2D eigenvalue weighted by molar-refractivity contribution is -0.123. The first-order valence-electron chi connectivity index (χ1n) is 40.2. The van der Waals surface area contributed by atoms with Crippen molar-refractivity contribution in [3.05, 3.63) is 349 Å². The van der Waals surface area contributed by atoms with E-state index < -0.39 is 0 Å². The molecule has 4 amide bonds. The number of aliphatic imine (C=N–C) groups is 4. The molecule has 123 heavy (non-hydrogen) atoms. The molecule has 618 valence electrons. The molecule has 8 aliphatic rings. The Morgan fingerprint density at radius 3 is 1.09 bits per heavy atom. The van der Waals surface area contributed by atoms with E-state index in [9.17, 15) is 23.6 Å². The molecule has 0 spiro atoms. The average Bonchev–Trinajstić information content (AvgIpc) is 1.69. The van der Waals surface area contributed by atoms with Crippen LogP contribution in [0.25, 0.3) is 24.3 Å². The molecule has 20 nitrogen and oxygen atoms in total. The minimum absolute atomic E-state index is 0.0161. The van der Waals surface area contributed by atoms with Crippen LogP contribution in [0.5, 0.6) is 46.0 Å². The number of halogens is 1. The minimum atomic E-state index is -0.358. The summed E-state index contributed by atoms with van der Waals surface area (Å²) in [6.07, 6.45) is 10.2. The fraction of sp³-hybridized carbons (Fsp3) is 0.163. The van der Waals surface area contributed by atoms with Crippen LogP contribution in [0.4, 0.5) is 21.5 Å². The van der Waals surface area contributed by atoms with E-state index in [0.717, 1.165) is 103 Å². The first-order valence-corrected chi connectivity index (χ1v) is 43.5. The molecule has 0 bridgehead atoms. The molecule has 19 rings (SSSR count). The van der Waals surface area contributed by atoms with Gasteiger partial charge >= 0.3 is 0 Å². The monoisotopic (exact) mass is 1710 g/mol. The number of carbonyl (C=O) groups is 4. The van der Waals surface area contributed by atoms with Crippen molar-refractivity contribution >= 4 is 133 Å². The van der Waals surface area contributed by atoms with Gasteiger partial charge < -0.3 is 37.9 Å². The van der Waals surface area contributed by atoms with Gasteiger partial charge in [0.05, 0.1) is 56.3 Å². The Hall–Kier alpha value is -13.3. The van der Waals surface area contributed by atoms with Gasteiger partial charge in [-0.25, -0.2) is 9.38 Å². The first-order chi connectivity index (χ1) is 60.4. The standard InChI is InChI=1S/C27H24N2O3S.C25H19FN2O3S.C23H16N2O3S.C23H24N2O3S/c30-26-25(18-22-11-12-23-24(17-22)32-16-15-31-23)33-27(28-19-21-9-5-2-6-10-21)29(26)14-13-20-7-3-1-4-8-20;26-19-7-9-20(10-8-19)28-24(29)23(32-25(28)27-16-17-4-2-1-3-5-17)15-18-6-11-21-22(14-18)31-13-12-30-21;26-22-21(14-16-11-12-19-20(13-16)28-15-27-19)29-23(24-17-7-3-1-4-8-17)25(22)18-9-5-2-6-10-18;1-2-3-11-25-22(26)21(29-23(25)24-16-17-7-5-4-6-8-17)15-18-9-10-19-20(14-18)28-13-12-27-19/h1-12,17-18H,13-16,19H2;1-11,14-15H,12-13,16H2;1-14H,15H2;4-10,14-15H,2-3,11-13,16H2,1H3/b25-18-,28-27?;23-15-,27-25?;21-14-,24-23?;21-15-,24-23?. The topological polar surface area (TPSA) is 205 Å². The van der Waals surface area contributed by atoms with E-state index in [1.54, 1.807) is 26.8 Å². The number of anilines is 2. The summed E-state index contributed by atoms with van der Waals surface area (Å²) in [5.41, 5.74) is 10.2. The van der Waals surface area contributed by atoms with Crippen LogP contribution in [0, 0.1) is 5.82 Å². The second kappa shape index (κ2) is 40.8. The van der Waals surface area contributed by atoms with Crippen LogP contribution < -0.4 is 47.7 Å². The fourth-order valence-corrected chi connectivity index (χ4v) is 17.5. The van der Waals surface area contributed by atoms with Crippen molar-refractivity contribution in [3.8, 4) is 46.0 Å². The van der Waals surface area contributed by atoms with E-state index in [4.69, 9.17) is 57.9 Å². The molecule has 11 aromatic rings. The Labute approximate surface area is 729 Å². The number of benzene rings is 11. The summed E-state index contributed by atoms with van der Waals surface area (Å²) in [5, 5.41) is 2.69. The molecule has 0 radical (unpaired) electrons. The summed E-state index contributed by atoms with van der Waals surface area (Å²) in [4.78, 5) is 81.1. The van der Waals surface area contributed by atoms with Crippen LogP contribution in [-0.4, -0.2) is 114 Å². The smallest absolute Gasteiger partial charge is 0.271 e. The fourth-order valence-electron chi connectivity index (χ4n) is 13.5. The second-order valence-corrected chi connectivity index (χ2v) is 32.4. The number of fused-ring (bicyclic) bond motifs is 4. The minimum Gasteiger partial charge on any atom is -0.486 e. The zero-order valence-corrected chi connectivity index (χ0v) is 70.2. The first kappa shape index (κ1) is 83.3. The van der Waals surface area contributed by atoms with Crippen molar-refractivity contribution in [1.82, 2.24) is 9.80 Å². The molecule has 0 unspecified atom stereocenters. The van der Waals surface area contributed by atoms with Crippen LogP contribution >= 0.6 is 47.0 Å². The van der Waals surface area contributed by atoms with Crippen molar-refractivity contribution in [1.29, 1.82) is 0 Å². The van der Waals surface area contributed by atoms with E-state index in [1.807, 2.05) is 267 Å². The number of unbranched alkanes of at least 4 members (excludes halogenated alkanes) is 1. The molecule has 25 heteroatoms. The maximum Gasteiger partial charge on any atom is 0.271 e. The number of hydrogen-bond acceptors (Lipinski definition) is 20. The lowest BCUT2D eigenvalue weighted by atomic mass is 10.1. The number of rotatable bonds is 19. The summed E-state index contributed by atoms with van der Waals surface area (Å²) >= 11 is 5.53. The van der Waals surface area contributed by atoms with E-state index in [0.29, 0.717) is 131 Å². The van der Waals surface area contributed by atoms with Gasteiger partial charge in [0.25, 0.3) is 23.6 Å². The third-order valence-corrected chi connectivity index (χ3v) is 23.7. The highest BCUT2D eigenvalue weighted by Gasteiger charge is 2.38. The van der Waals surface area contributed by atoms with Crippen LogP contribution in [0.3, 0.4) is 0 Å². The van der Waals surface area contributed by atoms with E-state index >= 15 is 0 Å². The van der Waals surface area contributed by atoms with Crippen LogP contribution in [0.1, 0.15) is 64.3 Å². The predicted octanol–water partition coefficient (Wildman–Crippen LogP) is 20.4. The van der Waals surface area contributed by atoms with Gasteiger partial charge in [0.2, 0.25) is 6.79 Å². The Kier molecular flexibility index (Phi) is 27.7. The maximum atomic E-state index is 13.5. The SMILES string of the molecule is CCCCN1C(=O)/C(=C/c2ccc3c(c2)OCCO3)SC1=NCc1ccccc1.O=C1/C(=C/c2ccc3c(c2)OCCO3)SC(=NCc2ccccc2)N1CCc1ccccc1.O=C1/C(=C/c2ccc3c(c2)OCCO3)SC(=NCc2ccccc2)N1c1ccc(F)cc1.O=C1/C(=C/c2ccc3c(c2)OCO3)SC(=Nc2ccccc2)N1c1ccccc1. The molecule has 8 aliphatic heterocycles. The molecule has 0 saturated carbocycles. The van der Waals surface area contributed by atoms with Crippen molar-refractivity contribution in [2.24, 2.45) is 20.0 Å². The molecule has 0 N–H and O–H groups in total. The Morgan fingerprint density at radius 2 is 0.659 bits per heavy atom. The van der Waals surface area contributed by atoms with Crippen molar-refractivity contribution in [2.75, 3.05) is 69.3 Å². The van der Waals surface area contributed by atoms with Gasteiger partial charge in [0.15, 0.2) is 66.7 Å². The second-order valence-electron chi connectivity index (χ2n) is 28.3. The number of nitrogens with zero attached hydrogens (tertiary/aromatic N) is 8. The Bertz CT molecular complexity index is 5910. The Morgan fingerprint density at radius 1 is 0.333 bits per heavy atom. The highest BCUT2D eigenvalue weighted by atomic mass is 32.2. The number of hydrogen-bond donors (Lipinski definition) is 0. The van der Waals surface area contributed by atoms with Crippen LogP contribution in [-0.2, 0) is 45.2 Å². The quantitative estimate of drug-likeness (QED) is 0.0690. The highest BCUT2D eigenvalue weighted by Crippen LogP contribution is 2.43. The molecule has 0 atom stereocenters. The highest BCUT2D eigenvalue weighted by molar-refractivity contribution is 8.20. The normalized spacial score (nSPS) is 18.1. The molecule has 4 saturated heterocycles. The molecular formula is C98H83FN8O12S4. The molecule has 4 fully saturated rings. The van der Waals surface area contributed by atoms with Gasteiger partial charge in [-0.1, -0.05) is 195 Å². The van der Waals surface area contributed by atoms with Crippen molar-refractivity contribution < 1.29 is 61.5 Å². The van der Waals surface area contributed by atoms with Gasteiger partial charge in [-0.2, -0.15) is 0 Å². The van der Waals surface area contributed by atoms with Crippen molar-refractivity contribution in [3.63, 3.8) is 0 Å². The third kappa shape index (κ3) is 21.5. The number of para-hydroxylation sites is 2. The summed E-state index contributed by atoms with van der Waals surface area (Å²) in [6.45, 7) is 8.37. The predicted molar refractivity (Wildman–Crippen MR) is 490 cm³/mol. The lowest BCUT2D eigenvalue weighted by Gasteiger charge is -2.18. The zero-order valence-electron chi connectivity index (χ0n) is 67.0. The average molecular weight is 1710 g/mol. The number of amides is 4. The molecule has 8 heterocycles. The number of thioether (sulfide) groups is 4. The zero-order chi connectivity index (χ0) is 84.1. The van der Waals surface area contributed by atoms with Crippen LogP contribution in [0.15, 0.2) is 319 Å². The summed E-state index contributed by atoms with van der Waals surface area (Å²) in [7, 11) is 0. The molecular weight excluding hydrogens is 1630 g/mol. The summed E-state index contributed by atoms with van der Waals surface area (Å²) in [5.74, 6) is 5.02. The number of carbonyl (C=O) groups excluding carboxylic acids is 4. The molecule has 0 aliphatic carbocycles. The Balaban J connectivity index is 0.000000122. The van der Waals surface area contributed by atoms with Crippen molar-refractivity contribution in [2.45, 2.75) is 45.8 Å². The molecule has 11 aromatic carbocycles. The number of amidine groups is 4. The maximum absolute atomic E-state index is 13.5. The largest absolute Gasteiger partial charge is 0.486 e. The van der Waals surface area contributed by atoms with Crippen LogP contribution in [0.2, 0.25) is 0 Å². The number of ether oxygens (including phenoxy) is 8. The van der Waals surface area contributed by atoms with Gasteiger partial charge in [-0.05, 0) is 226 Å². The third-order valence-electron chi connectivity index (χ3n) is 19.7. The lowest BCUT2D eigenvalue weighted by Crippen LogP contribution is -2.31. The van der Waals surface area contributed by atoms with Gasteiger partial charge in [-0.15, -0.1) is 0 Å². The summed E-state index contributed by atoms with van der Waals surface area (Å²) in [6, 6.07) is 88.0. The van der Waals surface area contributed by atoms with Gasteiger partial charge in [-0.3, -0.25) is 53.8 Å². The summed E-state index contributed by atoms with van der Waals surface area (Å²) < 4.78 is 58.0. The van der Waals surface area contributed by atoms with E-state index in [2.05, 4.69) is 19.1 Å². The van der Waals surface area contributed by atoms with Gasteiger partial charge in [0, 0.05) is 13.1 Å². The molecule has 0 aromatic heterocycles. The van der Waals surface area contributed by atoms with E-state index in [1.165, 1.54) is 69.6 Å². The van der Waals surface area contributed by atoms with E-state index in [-0.39, 0.29) is 36.2 Å².